The second-order valence-electron chi connectivity index (χ2n) is 5.84. The van der Waals surface area contributed by atoms with Crippen LogP contribution in [0.15, 0.2) is 66.4 Å². The van der Waals surface area contributed by atoms with Crippen LogP contribution in [0, 0.1) is 0 Å². The number of aryl methyl sites for hydroxylation is 1. The highest BCUT2D eigenvalue weighted by atomic mass is 15.3. The van der Waals surface area contributed by atoms with E-state index in [1.807, 2.05) is 39.8 Å². The molecular weight excluding hydrogens is 326 g/mol. The fourth-order valence-electron chi connectivity index (χ4n) is 2.68. The van der Waals surface area contributed by atoms with E-state index in [9.17, 15) is 0 Å². The van der Waals surface area contributed by atoms with Crippen LogP contribution in [0.1, 0.15) is 18.9 Å². The van der Waals surface area contributed by atoms with Gasteiger partial charge in [-0.25, -0.2) is 9.98 Å². The number of hydrogen-bond donors (Lipinski definition) is 2. The molecule has 0 atom stereocenters. The van der Waals surface area contributed by atoms with Crippen LogP contribution in [0.4, 0.5) is 0 Å². The molecule has 0 fully saturated rings. The maximum absolute atomic E-state index is 4.73. The van der Waals surface area contributed by atoms with Gasteiger partial charge in [0, 0.05) is 44.4 Å². The van der Waals surface area contributed by atoms with Crippen molar-refractivity contribution in [3.05, 3.63) is 67.0 Å². The number of para-hydroxylation sites is 1. The summed E-state index contributed by atoms with van der Waals surface area (Å²) >= 11 is 0. The summed E-state index contributed by atoms with van der Waals surface area (Å²) in [5, 5.41) is 10.9. The molecule has 26 heavy (non-hydrogen) atoms. The van der Waals surface area contributed by atoms with E-state index in [-0.39, 0.29) is 0 Å². The van der Waals surface area contributed by atoms with E-state index in [4.69, 9.17) is 4.99 Å². The number of imidazole rings is 1. The lowest BCUT2D eigenvalue weighted by molar-refractivity contribution is 0.570. The zero-order chi connectivity index (χ0) is 18.0. The number of hydrogen-bond acceptors (Lipinski definition) is 3. The quantitative estimate of drug-likeness (QED) is 0.371. The van der Waals surface area contributed by atoms with E-state index >= 15 is 0 Å². The average molecular weight is 351 g/mol. The normalized spacial score (nSPS) is 11.5. The van der Waals surface area contributed by atoms with Crippen LogP contribution >= 0.6 is 0 Å². The van der Waals surface area contributed by atoms with E-state index in [0.717, 1.165) is 43.3 Å². The zero-order valence-electron chi connectivity index (χ0n) is 15.0. The van der Waals surface area contributed by atoms with Crippen LogP contribution in [0.5, 0.6) is 0 Å². The Kier molecular flexibility index (Phi) is 6.41. The molecule has 7 heteroatoms. The molecule has 2 heterocycles. The van der Waals surface area contributed by atoms with Gasteiger partial charge in [-0.15, -0.1) is 0 Å². The SMILES string of the molecule is CCNC(=NCc1ccccc1-n1ccnc1)NCCCn1cccn1. The molecular formula is C19H25N7. The van der Waals surface area contributed by atoms with E-state index in [1.165, 1.54) is 0 Å². The van der Waals surface area contributed by atoms with Gasteiger partial charge in [-0.2, -0.15) is 5.10 Å². The van der Waals surface area contributed by atoms with Crippen molar-refractivity contribution >= 4 is 5.96 Å². The van der Waals surface area contributed by atoms with Crippen molar-refractivity contribution in [3.8, 4) is 5.69 Å². The third-order valence-corrected chi connectivity index (χ3v) is 3.94. The molecule has 0 aliphatic rings. The number of aromatic nitrogens is 4. The highest BCUT2D eigenvalue weighted by Gasteiger charge is 2.04. The zero-order valence-corrected chi connectivity index (χ0v) is 15.0. The molecule has 2 N–H and O–H groups in total. The van der Waals surface area contributed by atoms with Gasteiger partial charge >= 0.3 is 0 Å². The molecule has 1 aromatic carbocycles. The van der Waals surface area contributed by atoms with Gasteiger partial charge in [-0.05, 0) is 31.0 Å². The Hall–Kier alpha value is -3.09. The van der Waals surface area contributed by atoms with Crippen LogP contribution in [0.2, 0.25) is 0 Å². The van der Waals surface area contributed by atoms with Gasteiger partial charge in [0.15, 0.2) is 5.96 Å². The molecule has 3 aromatic rings. The Balaban J connectivity index is 1.59. The third-order valence-electron chi connectivity index (χ3n) is 3.94. The van der Waals surface area contributed by atoms with Crippen LogP contribution in [0.25, 0.3) is 5.69 Å². The van der Waals surface area contributed by atoms with E-state index < -0.39 is 0 Å². The highest BCUT2D eigenvalue weighted by molar-refractivity contribution is 5.79. The molecule has 2 aromatic heterocycles. The van der Waals surface area contributed by atoms with Crippen molar-refractivity contribution < 1.29 is 0 Å². The second kappa shape index (κ2) is 9.41. The molecule has 0 amide bonds. The lowest BCUT2D eigenvalue weighted by atomic mass is 10.2. The van der Waals surface area contributed by atoms with Crippen LogP contribution in [-0.2, 0) is 13.1 Å². The third kappa shape index (κ3) is 4.95. The van der Waals surface area contributed by atoms with Crippen molar-refractivity contribution in [3.63, 3.8) is 0 Å². The molecule has 0 aliphatic heterocycles. The number of nitrogens with one attached hydrogen (secondary N) is 2. The smallest absolute Gasteiger partial charge is 0.191 e. The molecule has 0 saturated heterocycles. The van der Waals surface area contributed by atoms with Crippen LogP contribution in [-0.4, -0.2) is 38.4 Å². The maximum Gasteiger partial charge on any atom is 0.191 e. The minimum atomic E-state index is 0.600. The Morgan fingerprint density at radius 3 is 2.81 bits per heavy atom. The monoisotopic (exact) mass is 351 g/mol. The van der Waals surface area contributed by atoms with E-state index in [2.05, 4.69) is 39.8 Å². The molecule has 0 spiro atoms. The molecule has 0 radical (unpaired) electrons. The topological polar surface area (TPSA) is 72.1 Å². The standard InChI is InChI=1S/C19H25N7/c1-2-21-19(22-9-5-12-26-13-6-10-24-26)23-15-17-7-3-4-8-18(17)25-14-11-20-16-25/h3-4,6-8,10-11,13-14,16H,2,5,9,12,15H2,1H3,(H2,21,22,23). The Labute approximate surface area is 153 Å². The molecule has 0 bridgehead atoms. The van der Waals surface area contributed by atoms with E-state index in [1.54, 1.807) is 18.7 Å². The Morgan fingerprint density at radius 2 is 2.04 bits per heavy atom. The van der Waals surface area contributed by atoms with Crippen molar-refractivity contribution in [2.24, 2.45) is 4.99 Å². The fraction of sp³-hybridized carbons (Fsp3) is 0.316. The summed E-state index contributed by atoms with van der Waals surface area (Å²) < 4.78 is 3.95. The summed E-state index contributed by atoms with van der Waals surface area (Å²) in [6.07, 6.45) is 10.3. The van der Waals surface area contributed by atoms with Gasteiger partial charge in [0.05, 0.1) is 18.6 Å². The summed E-state index contributed by atoms with van der Waals surface area (Å²) in [7, 11) is 0. The number of benzene rings is 1. The number of nitrogens with zero attached hydrogens (tertiary/aromatic N) is 5. The first-order valence-electron chi connectivity index (χ1n) is 8.92. The summed E-state index contributed by atoms with van der Waals surface area (Å²) in [5.41, 5.74) is 2.25. The number of guanidine groups is 1. The summed E-state index contributed by atoms with van der Waals surface area (Å²) in [4.78, 5) is 8.86. The van der Waals surface area contributed by atoms with Gasteiger partial charge in [-0.3, -0.25) is 4.68 Å². The Morgan fingerprint density at radius 1 is 1.12 bits per heavy atom. The van der Waals surface area contributed by atoms with E-state index in [0.29, 0.717) is 6.54 Å². The minimum absolute atomic E-state index is 0.600. The summed E-state index contributed by atoms with van der Waals surface area (Å²) in [6.45, 7) is 5.23. The molecule has 7 nitrogen and oxygen atoms in total. The van der Waals surface area contributed by atoms with Crippen molar-refractivity contribution in [2.75, 3.05) is 13.1 Å². The van der Waals surface area contributed by atoms with Gasteiger partial charge in [0.25, 0.3) is 0 Å². The number of rotatable bonds is 8. The molecule has 3 rings (SSSR count). The van der Waals surface area contributed by atoms with Crippen LogP contribution in [0.3, 0.4) is 0 Å². The molecule has 0 saturated carbocycles. The first-order chi connectivity index (χ1) is 12.9. The first-order valence-corrected chi connectivity index (χ1v) is 8.92. The first kappa shape index (κ1) is 17.7. The largest absolute Gasteiger partial charge is 0.357 e. The summed E-state index contributed by atoms with van der Waals surface area (Å²) in [6, 6.07) is 10.2. The van der Waals surface area contributed by atoms with Crippen LogP contribution < -0.4 is 10.6 Å². The fourth-order valence-corrected chi connectivity index (χ4v) is 2.68. The van der Waals surface area contributed by atoms with Crippen molar-refractivity contribution in [2.45, 2.75) is 26.4 Å². The van der Waals surface area contributed by atoms with Crippen molar-refractivity contribution in [1.29, 1.82) is 0 Å². The van der Waals surface area contributed by atoms with Gasteiger partial charge in [0.1, 0.15) is 0 Å². The maximum atomic E-state index is 4.73. The minimum Gasteiger partial charge on any atom is -0.357 e. The van der Waals surface area contributed by atoms with Crippen molar-refractivity contribution in [1.82, 2.24) is 30.0 Å². The summed E-state index contributed by atoms with van der Waals surface area (Å²) in [5.74, 6) is 0.827. The lowest BCUT2D eigenvalue weighted by Gasteiger charge is -2.13. The molecule has 136 valence electrons. The van der Waals surface area contributed by atoms with Gasteiger partial charge < -0.3 is 15.2 Å². The van der Waals surface area contributed by atoms with Gasteiger partial charge in [0.2, 0.25) is 0 Å². The van der Waals surface area contributed by atoms with Gasteiger partial charge in [-0.1, -0.05) is 18.2 Å². The predicted molar refractivity (Wildman–Crippen MR) is 103 cm³/mol. The highest BCUT2D eigenvalue weighted by Crippen LogP contribution is 2.14. The second-order valence-corrected chi connectivity index (χ2v) is 5.84. The molecule has 0 unspecified atom stereocenters. The Bertz CT molecular complexity index is 791. The lowest BCUT2D eigenvalue weighted by Crippen LogP contribution is -2.38. The predicted octanol–water partition coefficient (Wildman–Crippen LogP) is 2.21. The average Bonchev–Trinajstić information content (AvgIpc) is 3.37. The number of aliphatic imine (C=N–C) groups is 1. The molecule has 0 aliphatic carbocycles.